The van der Waals surface area contributed by atoms with Crippen molar-refractivity contribution in [1.82, 2.24) is 0 Å². The Hall–Kier alpha value is -3.03. The molecule has 1 amide bonds. The minimum atomic E-state index is -4.08. The molecule has 0 N–H and O–H groups in total. The molecule has 3 aromatic rings. The number of hydrogen-bond donors (Lipinski definition) is 0. The molecule has 0 spiro atoms. The molecular weight excluding hydrogens is 460 g/mol. The predicted molar refractivity (Wildman–Crippen MR) is 131 cm³/mol. The number of carbonyl (C=O) groups is 1. The first-order valence-electron chi connectivity index (χ1n) is 10.7. The molecule has 0 unspecified atom stereocenters. The van der Waals surface area contributed by atoms with Gasteiger partial charge in [-0.05, 0) is 68.3 Å². The molecule has 4 rings (SSSR count). The number of sulfonamides is 1. The summed E-state index contributed by atoms with van der Waals surface area (Å²) in [7, 11) is -4.08. The lowest BCUT2D eigenvalue weighted by atomic mass is 10.1. The van der Waals surface area contributed by atoms with Gasteiger partial charge in [0.25, 0.3) is 10.0 Å². The molecule has 8 heteroatoms. The van der Waals surface area contributed by atoms with Crippen molar-refractivity contribution in [3.63, 3.8) is 0 Å². The van der Waals surface area contributed by atoms with Crippen LogP contribution in [0.15, 0.2) is 77.7 Å². The number of amides is 1. The minimum Gasteiger partial charge on any atom is -0.492 e. The molecular formula is C25H25ClN2O4S. The number of halogens is 1. The fraction of sp³-hybridized carbons (Fsp3) is 0.240. The van der Waals surface area contributed by atoms with Crippen molar-refractivity contribution < 1.29 is 17.9 Å². The Balaban J connectivity index is 1.77. The fourth-order valence-corrected chi connectivity index (χ4v) is 5.67. The minimum absolute atomic E-state index is 0.0425. The lowest BCUT2D eigenvalue weighted by Crippen LogP contribution is -2.45. The van der Waals surface area contributed by atoms with Gasteiger partial charge in [-0.1, -0.05) is 41.9 Å². The quantitative estimate of drug-likeness (QED) is 0.477. The number of para-hydroxylation sites is 3. The van der Waals surface area contributed by atoms with E-state index in [1.165, 1.54) is 24.3 Å². The van der Waals surface area contributed by atoms with E-state index in [0.29, 0.717) is 23.1 Å². The monoisotopic (exact) mass is 484 g/mol. The van der Waals surface area contributed by atoms with Gasteiger partial charge in [-0.25, -0.2) is 8.42 Å². The summed E-state index contributed by atoms with van der Waals surface area (Å²) in [5, 5.41) is 0.425. The van der Waals surface area contributed by atoms with Crippen molar-refractivity contribution in [1.29, 1.82) is 0 Å². The fourth-order valence-electron chi connectivity index (χ4n) is 4.12. The van der Waals surface area contributed by atoms with E-state index in [-0.39, 0.29) is 23.4 Å². The Labute approximate surface area is 199 Å². The van der Waals surface area contributed by atoms with E-state index >= 15 is 0 Å². The molecule has 0 saturated carbocycles. The zero-order valence-electron chi connectivity index (χ0n) is 18.4. The number of benzene rings is 3. The van der Waals surface area contributed by atoms with Gasteiger partial charge in [-0.2, -0.15) is 0 Å². The molecule has 0 bridgehead atoms. The molecule has 3 aromatic carbocycles. The van der Waals surface area contributed by atoms with Gasteiger partial charge in [0, 0.05) is 16.8 Å². The van der Waals surface area contributed by atoms with E-state index in [9.17, 15) is 13.2 Å². The summed E-state index contributed by atoms with van der Waals surface area (Å²) >= 11 is 5.97. The van der Waals surface area contributed by atoms with Gasteiger partial charge in [0.2, 0.25) is 5.91 Å². The van der Waals surface area contributed by atoms with Crippen molar-refractivity contribution >= 4 is 38.9 Å². The predicted octanol–water partition coefficient (Wildman–Crippen LogP) is 4.91. The maximum Gasteiger partial charge on any atom is 0.264 e. The third-order valence-electron chi connectivity index (χ3n) is 5.59. The molecule has 1 atom stereocenters. The normalized spacial score (nSPS) is 15.2. The molecule has 172 valence electrons. The Kier molecular flexibility index (Phi) is 6.63. The smallest absolute Gasteiger partial charge is 0.264 e. The first-order valence-corrected chi connectivity index (χ1v) is 12.5. The van der Waals surface area contributed by atoms with Crippen molar-refractivity contribution in [3.8, 4) is 5.75 Å². The average molecular weight is 485 g/mol. The van der Waals surface area contributed by atoms with Gasteiger partial charge in [-0.15, -0.1) is 0 Å². The zero-order chi connectivity index (χ0) is 23.6. The summed E-state index contributed by atoms with van der Waals surface area (Å²) in [6.45, 7) is 3.77. The van der Waals surface area contributed by atoms with Crippen LogP contribution in [0.2, 0.25) is 5.02 Å². The van der Waals surface area contributed by atoms with E-state index in [4.69, 9.17) is 16.3 Å². The van der Waals surface area contributed by atoms with Crippen LogP contribution in [0.1, 0.15) is 19.4 Å². The molecule has 0 radical (unpaired) electrons. The molecule has 33 heavy (non-hydrogen) atoms. The number of hydrogen-bond acceptors (Lipinski definition) is 4. The highest BCUT2D eigenvalue weighted by Gasteiger charge is 2.35. The van der Waals surface area contributed by atoms with Crippen LogP contribution in [0.3, 0.4) is 0 Å². The number of fused-ring (bicyclic) bond motifs is 1. The molecule has 0 aliphatic carbocycles. The van der Waals surface area contributed by atoms with E-state index in [0.717, 1.165) is 22.0 Å². The van der Waals surface area contributed by atoms with Crippen LogP contribution in [-0.4, -0.2) is 33.5 Å². The molecule has 1 aliphatic rings. The molecule has 0 fully saturated rings. The van der Waals surface area contributed by atoms with Crippen LogP contribution in [0, 0.1) is 0 Å². The van der Waals surface area contributed by atoms with Gasteiger partial charge in [0.05, 0.1) is 17.2 Å². The number of anilines is 2. The second-order valence-electron chi connectivity index (χ2n) is 7.81. The van der Waals surface area contributed by atoms with Crippen molar-refractivity contribution in [2.75, 3.05) is 22.4 Å². The third kappa shape index (κ3) is 4.56. The maximum absolute atomic E-state index is 13.7. The summed E-state index contributed by atoms with van der Waals surface area (Å²) < 4.78 is 34.3. The summed E-state index contributed by atoms with van der Waals surface area (Å²) in [5.41, 5.74) is 2.19. The van der Waals surface area contributed by atoms with Crippen LogP contribution in [0.5, 0.6) is 5.75 Å². The Morgan fingerprint density at radius 1 is 1.06 bits per heavy atom. The number of rotatable bonds is 7. The van der Waals surface area contributed by atoms with Gasteiger partial charge < -0.3 is 9.64 Å². The SMILES string of the molecule is CCOc1ccccc1N(CC(=O)N1c2ccccc2C[C@H]1C)S(=O)(=O)c1ccc(Cl)cc1. The number of ether oxygens (including phenoxy) is 1. The molecule has 6 nitrogen and oxygen atoms in total. The highest BCUT2D eigenvalue weighted by Crippen LogP contribution is 2.35. The van der Waals surface area contributed by atoms with Crippen LogP contribution in [0.4, 0.5) is 11.4 Å². The van der Waals surface area contributed by atoms with Crippen LogP contribution in [-0.2, 0) is 21.2 Å². The van der Waals surface area contributed by atoms with Crippen molar-refractivity contribution in [2.45, 2.75) is 31.2 Å². The first kappa shape index (κ1) is 23.1. The highest BCUT2D eigenvalue weighted by molar-refractivity contribution is 7.92. The lowest BCUT2D eigenvalue weighted by molar-refractivity contribution is -0.117. The van der Waals surface area contributed by atoms with Crippen LogP contribution < -0.4 is 13.9 Å². The molecule has 1 aliphatic heterocycles. The van der Waals surface area contributed by atoms with E-state index in [1.54, 1.807) is 29.2 Å². The summed E-state index contributed by atoms with van der Waals surface area (Å²) in [4.78, 5) is 15.3. The maximum atomic E-state index is 13.7. The molecule has 1 heterocycles. The average Bonchev–Trinajstić information content (AvgIpc) is 3.14. The summed E-state index contributed by atoms with van der Waals surface area (Å²) in [6, 6.07) is 20.4. The standard InChI is InChI=1S/C25H25ClN2O4S/c1-3-32-24-11-7-6-10-23(24)27(33(30,31)21-14-12-20(26)13-15-21)17-25(29)28-18(2)16-19-8-4-5-9-22(19)28/h4-15,18H,3,16-17H2,1-2H3/t18-/m1/s1. The van der Waals surface area contributed by atoms with Crippen LogP contribution >= 0.6 is 11.6 Å². The Bertz CT molecular complexity index is 1260. The molecule has 0 saturated heterocycles. The second-order valence-corrected chi connectivity index (χ2v) is 10.1. The van der Waals surface area contributed by atoms with E-state index in [2.05, 4.69) is 0 Å². The zero-order valence-corrected chi connectivity index (χ0v) is 20.0. The topological polar surface area (TPSA) is 66.9 Å². The van der Waals surface area contributed by atoms with Gasteiger partial charge >= 0.3 is 0 Å². The molecule has 0 aromatic heterocycles. The van der Waals surface area contributed by atoms with Gasteiger partial charge in [0.15, 0.2) is 0 Å². The summed E-state index contributed by atoms with van der Waals surface area (Å²) in [5.74, 6) is 0.0801. The van der Waals surface area contributed by atoms with Gasteiger partial charge in [0.1, 0.15) is 12.3 Å². The third-order valence-corrected chi connectivity index (χ3v) is 7.62. The lowest BCUT2D eigenvalue weighted by Gasteiger charge is -2.29. The van der Waals surface area contributed by atoms with Crippen molar-refractivity contribution in [2.24, 2.45) is 0 Å². The number of carbonyl (C=O) groups excluding carboxylic acids is 1. The van der Waals surface area contributed by atoms with E-state index in [1.807, 2.05) is 38.1 Å². The highest BCUT2D eigenvalue weighted by atomic mass is 35.5. The van der Waals surface area contributed by atoms with Gasteiger partial charge in [-0.3, -0.25) is 9.10 Å². The first-order chi connectivity index (χ1) is 15.8. The summed E-state index contributed by atoms with van der Waals surface area (Å²) in [6.07, 6.45) is 0.724. The number of nitrogens with zero attached hydrogens (tertiary/aromatic N) is 2. The van der Waals surface area contributed by atoms with Crippen molar-refractivity contribution in [3.05, 3.63) is 83.4 Å². The van der Waals surface area contributed by atoms with E-state index < -0.39 is 10.0 Å². The largest absolute Gasteiger partial charge is 0.492 e. The Morgan fingerprint density at radius 3 is 2.45 bits per heavy atom. The van der Waals surface area contributed by atoms with Crippen LogP contribution in [0.25, 0.3) is 0 Å². The Morgan fingerprint density at radius 2 is 1.73 bits per heavy atom. The second kappa shape index (κ2) is 9.45.